The van der Waals surface area contributed by atoms with Crippen molar-refractivity contribution in [3.05, 3.63) is 53.5 Å². The Hall–Kier alpha value is -2.47. The van der Waals surface area contributed by atoms with E-state index in [1.807, 2.05) is 13.0 Å². The number of aromatic nitrogens is 2. The van der Waals surface area contributed by atoms with Crippen LogP contribution in [-0.2, 0) is 0 Å². The lowest BCUT2D eigenvalue weighted by atomic mass is 10.3. The Labute approximate surface area is 119 Å². The zero-order valence-corrected chi connectivity index (χ0v) is 11.5. The molecule has 0 radical (unpaired) electrons. The van der Waals surface area contributed by atoms with Crippen molar-refractivity contribution in [1.29, 1.82) is 0 Å². The van der Waals surface area contributed by atoms with Crippen LogP contribution in [-0.4, -0.2) is 15.9 Å². The average Bonchev–Trinajstić information content (AvgIpc) is 3.08. The van der Waals surface area contributed by atoms with Crippen LogP contribution in [0.1, 0.15) is 15.4 Å². The van der Waals surface area contributed by atoms with Crippen molar-refractivity contribution in [2.24, 2.45) is 0 Å². The molecule has 0 saturated heterocycles. The van der Waals surface area contributed by atoms with Gasteiger partial charge in [-0.15, -0.1) is 11.3 Å². The van der Waals surface area contributed by atoms with Crippen LogP contribution >= 0.6 is 11.3 Å². The van der Waals surface area contributed by atoms with Crippen LogP contribution in [0, 0.1) is 6.92 Å². The summed E-state index contributed by atoms with van der Waals surface area (Å²) in [5.41, 5.74) is 1.11. The van der Waals surface area contributed by atoms with E-state index in [0.717, 1.165) is 4.88 Å². The van der Waals surface area contributed by atoms with E-state index in [2.05, 4.69) is 15.3 Å². The lowest BCUT2D eigenvalue weighted by Gasteiger charge is -2.02. The van der Waals surface area contributed by atoms with E-state index in [4.69, 9.17) is 4.42 Å². The van der Waals surface area contributed by atoms with Crippen molar-refractivity contribution in [2.75, 3.05) is 5.32 Å². The van der Waals surface area contributed by atoms with Gasteiger partial charge in [0.2, 0.25) is 0 Å². The summed E-state index contributed by atoms with van der Waals surface area (Å²) in [6.45, 7) is 1.87. The second kappa shape index (κ2) is 5.26. The molecule has 0 aliphatic rings. The van der Waals surface area contributed by atoms with Crippen molar-refractivity contribution in [1.82, 2.24) is 9.97 Å². The fourth-order valence-electron chi connectivity index (χ4n) is 1.74. The Bertz CT molecular complexity index is 720. The molecule has 1 N–H and O–H groups in total. The van der Waals surface area contributed by atoms with Crippen molar-refractivity contribution in [2.45, 2.75) is 6.92 Å². The third-order valence-electron chi connectivity index (χ3n) is 2.68. The molecule has 0 atom stereocenters. The summed E-state index contributed by atoms with van der Waals surface area (Å²) in [4.78, 5) is 21.3. The van der Waals surface area contributed by atoms with Gasteiger partial charge in [-0.3, -0.25) is 9.78 Å². The molecule has 5 nitrogen and oxygen atoms in total. The predicted molar refractivity (Wildman–Crippen MR) is 76.7 cm³/mol. The molecule has 3 heterocycles. The quantitative estimate of drug-likeness (QED) is 0.801. The number of hydrogen-bond donors (Lipinski definition) is 1. The molecular weight excluding hydrogens is 274 g/mol. The molecule has 0 aliphatic carbocycles. The number of amides is 1. The molecule has 0 spiro atoms. The lowest BCUT2D eigenvalue weighted by molar-refractivity contribution is 0.102. The molecule has 1 amide bonds. The second-order valence-electron chi connectivity index (χ2n) is 4.09. The van der Waals surface area contributed by atoms with Gasteiger partial charge in [0.25, 0.3) is 5.91 Å². The molecule has 0 bridgehead atoms. The van der Waals surface area contributed by atoms with Gasteiger partial charge in [0, 0.05) is 23.0 Å². The number of nitrogens with one attached hydrogen (secondary N) is 1. The van der Waals surface area contributed by atoms with Gasteiger partial charge in [0.15, 0.2) is 10.8 Å². The Morgan fingerprint density at radius 2 is 2.10 bits per heavy atom. The molecule has 100 valence electrons. The molecule has 3 aromatic heterocycles. The van der Waals surface area contributed by atoms with Crippen LogP contribution < -0.4 is 5.32 Å². The number of carbonyl (C=O) groups excluding carboxylic acids is 1. The van der Waals surface area contributed by atoms with Crippen molar-refractivity contribution in [3.8, 4) is 10.8 Å². The van der Waals surface area contributed by atoms with E-state index in [0.29, 0.717) is 22.1 Å². The van der Waals surface area contributed by atoms with E-state index < -0.39 is 0 Å². The monoisotopic (exact) mass is 285 g/mol. The Balaban J connectivity index is 1.85. The largest absolute Gasteiger partial charge is 0.462 e. The fourth-order valence-corrected chi connectivity index (χ4v) is 2.62. The molecule has 0 unspecified atom stereocenters. The van der Waals surface area contributed by atoms with Gasteiger partial charge in [-0.1, -0.05) is 0 Å². The average molecular weight is 285 g/mol. The third-order valence-corrected chi connectivity index (χ3v) is 3.67. The normalized spacial score (nSPS) is 10.4. The van der Waals surface area contributed by atoms with Crippen LogP contribution in [0.25, 0.3) is 10.8 Å². The van der Waals surface area contributed by atoms with Crippen LogP contribution in [0.2, 0.25) is 0 Å². The molecule has 20 heavy (non-hydrogen) atoms. The summed E-state index contributed by atoms with van der Waals surface area (Å²) < 4.78 is 5.29. The minimum absolute atomic E-state index is 0.234. The van der Waals surface area contributed by atoms with E-state index in [-0.39, 0.29) is 5.91 Å². The number of nitrogens with zero attached hydrogens (tertiary/aromatic N) is 2. The van der Waals surface area contributed by atoms with E-state index >= 15 is 0 Å². The number of anilines is 1. The third kappa shape index (κ3) is 2.46. The SMILES string of the molecule is Cc1sc(-c2ccco2)nc1C(=O)Nc1ccncc1. The number of pyridine rings is 1. The highest BCUT2D eigenvalue weighted by atomic mass is 32.1. The zero-order valence-electron chi connectivity index (χ0n) is 10.7. The van der Waals surface area contributed by atoms with Gasteiger partial charge in [0.1, 0.15) is 5.69 Å². The molecule has 6 heteroatoms. The maximum atomic E-state index is 12.2. The number of carbonyl (C=O) groups is 1. The Kier molecular flexibility index (Phi) is 3.30. The standard InChI is InChI=1S/C14H11N3O2S/c1-9-12(13(18)16-10-4-6-15-7-5-10)17-14(20-9)11-3-2-8-19-11/h2-8H,1H3,(H,15,16,18). The van der Waals surface area contributed by atoms with E-state index in [1.165, 1.54) is 11.3 Å². The molecule has 0 saturated carbocycles. The summed E-state index contributed by atoms with van der Waals surface area (Å²) in [5.74, 6) is 0.434. The maximum absolute atomic E-state index is 12.2. The maximum Gasteiger partial charge on any atom is 0.275 e. The van der Waals surface area contributed by atoms with Gasteiger partial charge in [0.05, 0.1) is 6.26 Å². The molecular formula is C14H11N3O2S. The number of furan rings is 1. The smallest absolute Gasteiger partial charge is 0.275 e. The first-order valence-corrected chi connectivity index (χ1v) is 6.78. The highest BCUT2D eigenvalue weighted by Crippen LogP contribution is 2.28. The lowest BCUT2D eigenvalue weighted by Crippen LogP contribution is -2.13. The minimum Gasteiger partial charge on any atom is -0.462 e. The predicted octanol–water partition coefficient (Wildman–Crippen LogP) is 3.36. The Morgan fingerprint density at radius 3 is 2.80 bits per heavy atom. The molecule has 0 fully saturated rings. The minimum atomic E-state index is -0.234. The number of rotatable bonds is 3. The number of aryl methyl sites for hydroxylation is 1. The van der Waals surface area contributed by atoms with E-state index in [9.17, 15) is 4.79 Å². The summed E-state index contributed by atoms with van der Waals surface area (Å²) >= 11 is 1.43. The van der Waals surface area contributed by atoms with Gasteiger partial charge in [-0.2, -0.15) is 0 Å². The fraction of sp³-hybridized carbons (Fsp3) is 0.0714. The van der Waals surface area contributed by atoms with Crippen LogP contribution in [0.15, 0.2) is 47.3 Å². The topological polar surface area (TPSA) is 68.0 Å². The van der Waals surface area contributed by atoms with Gasteiger partial charge in [-0.25, -0.2) is 4.98 Å². The van der Waals surface area contributed by atoms with Crippen LogP contribution in [0.4, 0.5) is 5.69 Å². The molecule has 3 aromatic rings. The van der Waals surface area contributed by atoms with Gasteiger partial charge < -0.3 is 9.73 Å². The summed E-state index contributed by atoms with van der Waals surface area (Å²) in [7, 11) is 0. The van der Waals surface area contributed by atoms with Gasteiger partial charge in [-0.05, 0) is 31.2 Å². The second-order valence-corrected chi connectivity index (χ2v) is 5.29. The Morgan fingerprint density at radius 1 is 1.30 bits per heavy atom. The molecule has 3 rings (SSSR count). The van der Waals surface area contributed by atoms with Crippen LogP contribution in [0.3, 0.4) is 0 Å². The summed E-state index contributed by atoms with van der Waals surface area (Å²) in [5, 5.41) is 3.49. The first kappa shape index (κ1) is 12.6. The highest BCUT2D eigenvalue weighted by Gasteiger charge is 2.17. The van der Waals surface area contributed by atoms with Crippen molar-refractivity contribution >= 4 is 22.9 Å². The van der Waals surface area contributed by atoms with Crippen molar-refractivity contribution in [3.63, 3.8) is 0 Å². The summed E-state index contributed by atoms with van der Waals surface area (Å²) in [6.07, 6.45) is 4.83. The first-order chi connectivity index (χ1) is 9.74. The van der Waals surface area contributed by atoms with Gasteiger partial charge >= 0.3 is 0 Å². The first-order valence-electron chi connectivity index (χ1n) is 5.97. The summed E-state index contributed by atoms with van der Waals surface area (Å²) in [6, 6.07) is 7.08. The highest BCUT2D eigenvalue weighted by molar-refractivity contribution is 7.15. The zero-order chi connectivity index (χ0) is 13.9. The van der Waals surface area contributed by atoms with E-state index in [1.54, 1.807) is 36.9 Å². The molecule has 0 aromatic carbocycles. The number of thiazole rings is 1. The number of hydrogen-bond acceptors (Lipinski definition) is 5. The van der Waals surface area contributed by atoms with Crippen molar-refractivity contribution < 1.29 is 9.21 Å². The van der Waals surface area contributed by atoms with Crippen LogP contribution in [0.5, 0.6) is 0 Å². The molecule has 0 aliphatic heterocycles.